The van der Waals surface area contributed by atoms with Crippen molar-refractivity contribution in [2.45, 2.75) is 6.42 Å². The summed E-state index contributed by atoms with van der Waals surface area (Å²) in [7, 11) is 0. The first-order valence-electron chi connectivity index (χ1n) is 4.46. The minimum atomic E-state index is -0.430. The fourth-order valence-electron chi connectivity index (χ4n) is 1.10. The van der Waals surface area contributed by atoms with Crippen molar-refractivity contribution in [1.82, 2.24) is 0 Å². The lowest BCUT2D eigenvalue weighted by Gasteiger charge is -2.04. The highest BCUT2D eigenvalue weighted by molar-refractivity contribution is 5.18. The number of halogens is 2. The standard InChI is InChI=1S/C10H13F2NO/c11-9-1-2-10(12)8(7-9)3-5-14-6-4-13/h1-2,7H,3-6,13H2. The van der Waals surface area contributed by atoms with E-state index in [9.17, 15) is 8.78 Å². The Bertz CT molecular complexity index is 291. The molecule has 1 aromatic rings. The van der Waals surface area contributed by atoms with Crippen molar-refractivity contribution in [2.24, 2.45) is 5.73 Å². The van der Waals surface area contributed by atoms with Gasteiger partial charge in [0.2, 0.25) is 0 Å². The molecule has 0 aliphatic rings. The van der Waals surface area contributed by atoms with Crippen molar-refractivity contribution < 1.29 is 13.5 Å². The second-order valence-electron chi connectivity index (χ2n) is 2.89. The second-order valence-corrected chi connectivity index (χ2v) is 2.89. The van der Waals surface area contributed by atoms with Gasteiger partial charge in [0.1, 0.15) is 11.6 Å². The molecule has 0 heterocycles. The first kappa shape index (κ1) is 11.1. The quantitative estimate of drug-likeness (QED) is 0.732. The van der Waals surface area contributed by atoms with E-state index in [4.69, 9.17) is 10.5 Å². The van der Waals surface area contributed by atoms with Gasteiger partial charge in [-0.1, -0.05) is 0 Å². The summed E-state index contributed by atoms with van der Waals surface area (Å²) >= 11 is 0. The predicted octanol–water partition coefficient (Wildman–Crippen LogP) is 1.48. The third kappa shape index (κ3) is 3.40. The Morgan fingerprint density at radius 2 is 2.00 bits per heavy atom. The molecule has 0 radical (unpaired) electrons. The van der Waals surface area contributed by atoms with Gasteiger partial charge in [-0.3, -0.25) is 0 Å². The van der Waals surface area contributed by atoms with Gasteiger partial charge < -0.3 is 10.5 Å². The van der Waals surface area contributed by atoms with Crippen molar-refractivity contribution >= 4 is 0 Å². The Labute approximate surface area is 81.7 Å². The SMILES string of the molecule is NCCOCCc1cc(F)ccc1F. The molecule has 0 fully saturated rings. The largest absolute Gasteiger partial charge is 0.380 e. The van der Waals surface area contributed by atoms with E-state index in [1.807, 2.05) is 0 Å². The van der Waals surface area contributed by atoms with E-state index in [2.05, 4.69) is 0 Å². The number of nitrogens with two attached hydrogens (primary N) is 1. The average molecular weight is 201 g/mol. The van der Waals surface area contributed by atoms with E-state index < -0.39 is 11.6 Å². The molecule has 2 nitrogen and oxygen atoms in total. The maximum Gasteiger partial charge on any atom is 0.126 e. The van der Waals surface area contributed by atoms with Crippen LogP contribution in [0.2, 0.25) is 0 Å². The van der Waals surface area contributed by atoms with E-state index in [0.717, 1.165) is 12.1 Å². The molecule has 0 saturated carbocycles. The third-order valence-electron chi connectivity index (χ3n) is 1.79. The highest BCUT2D eigenvalue weighted by Gasteiger charge is 2.03. The molecule has 0 spiro atoms. The van der Waals surface area contributed by atoms with Crippen LogP contribution in [0.25, 0.3) is 0 Å². The summed E-state index contributed by atoms with van der Waals surface area (Å²) in [6.45, 7) is 1.24. The van der Waals surface area contributed by atoms with Crippen LogP contribution in [-0.4, -0.2) is 19.8 Å². The number of hydrogen-bond donors (Lipinski definition) is 1. The Kier molecular flexibility index (Phi) is 4.49. The monoisotopic (exact) mass is 201 g/mol. The van der Waals surface area contributed by atoms with E-state index in [1.165, 1.54) is 6.07 Å². The second kappa shape index (κ2) is 5.67. The zero-order valence-corrected chi connectivity index (χ0v) is 7.80. The molecule has 0 aliphatic heterocycles. The molecule has 0 atom stereocenters. The smallest absolute Gasteiger partial charge is 0.126 e. The minimum Gasteiger partial charge on any atom is -0.380 e. The number of rotatable bonds is 5. The van der Waals surface area contributed by atoms with Crippen molar-refractivity contribution in [3.05, 3.63) is 35.4 Å². The Balaban J connectivity index is 2.45. The summed E-state index contributed by atoms with van der Waals surface area (Å²) in [5, 5.41) is 0. The summed E-state index contributed by atoms with van der Waals surface area (Å²) in [6, 6.07) is 3.40. The zero-order valence-electron chi connectivity index (χ0n) is 7.80. The van der Waals surface area contributed by atoms with Crippen LogP contribution in [0.15, 0.2) is 18.2 Å². The molecule has 0 amide bonds. The van der Waals surface area contributed by atoms with Gasteiger partial charge in [-0.2, -0.15) is 0 Å². The van der Waals surface area contributed by atoms with E-state index in [0.29, 0.717) is 31.7 Å². The summed E-state index contributed by atoms with van der Waals surface area (Å²) in [5.41, 5.74) is 5.54. The fourth-order valence-corrected chi connectivity index (χ4v) is 1.10. The van der Waals surface area contributed by atoms with Crippen LogP contribution in [0.1, 0.15) is 5.56 Å². The predicted molar refractivity (Wildman–Crippen MR) is 49.9 cm³/mol. The summed E-state index contributed by atoms with van der Waals surface area (Å²) in [5.74, 6) is -0.831. The normalized spacial score (nSPS) is 10.5. The van der Waals surface area contributed by atoms with E-state index >= 15 is 0 Å². The van der Waals surface area contributed by atoms with Gasteiger partial charge in [-0.15, -0.1) is 0 Å². The van der Waals surface area contributed by atoms with Crippen LogP contribution in [0, 0.1) is 11.6 Å². The lowest BCUT2D eigenvalue weighted by molar-refractivity contribution is 0.144. The number of benzene rings is 1. The van der Waals surface area contributed by atoms with Gasteiger partial charge in [0.25, 0.3) is 0 Å². The molecular weight excluding hydrogens is 188 g/mol. The van der Waals surface area contributed by atoms with Crippen LogP contribution in [0.5, 0.6) is 0 Å². The van der Waals surface area contributed by atoms with Crippen molar-refractivity contribution in [3.63, 3.8) is 0 Å². The van der Waals surface area contributed by atoms with E-state index in [1.54, 1.807) is 0 Å². The number of hydrogen-bond acceptors (Lipinski definition) is 2. The van der Waals surface area contributed by atoms with E-state index in [-0.39, 0.29) is 0 Å². The lowest BCUT2D eigenvalue weighted by atomic mass is 10.1. The van der Waals surface area contributed by atoms with Gasteiger partial charge in [0.15, 0.2) is 0 Å². The summed E-state index contributed by atoms with van der Waals surface area (Å²) in [4.78, 5) is 0. The number of ether oxygens (including phenoxy) is 1. The molecule has 1 rings (SSSR count). The molecule has 0 unspecified atom stereocenters. The molecular formula is C10H13F2NO. The van der Waals surface area contributed by atoms with Crippen LogP contribution >= 0.6 is 0 Å². The Morgan fingerprint density at radius 3 is 2.71 bits per heavy atom. The van der Waals surface area contributed by atoms with Crippen LogP contribution < -0.4 is 5.73 Å². The molecule has 2 N–H and O–H groups in total. The van der Waals surface area contributed by atoms with Gasteiger partial charge in [-0.05, 0) is 30.2 Å². The molecule has 4 heteroatoms. The Hall–Kier alpha value is -1.00. The minimum absolute atomic E-state index is 0.335. The molecule has 0 bridgehead atoms. The molecule has 14 heavy (non-hydrogen) atoms. The highest BCUT2D eigenvalue weighted by atomic mass is 19.1. The maximum atomic E-state index is 13.0. The molecule has 78 valence electrons. The topological polar surface area (TPSA) is 35.2 Å². The molecule has 0 aliphatic carbocycles. The zero-order chi connectivity index (χ0) is 10.4. The highest BCUT2D eigenvalue weighted by Crippen LogP contribution is 2.10. The molecule has 0 saturated heterocycles. The van der Waals surface area contributed by atoms with Crippen molar-refractivity contribution in [3.8, 4) is 0 Å². The summed E-state index contributed by atoms with van der Waals surface area (Å²) < 4.78 is 30.8. The third-order valence-corrected chi connectivity index (χ3v) is 1.79. The molecule has 1 aromatic carbocycles. The van der Waals surface area contributed by atoms with Crippen molar-refractivity contribution in [2.75, 3.05) is 19.8 Å². The lowest BCUT2D eigenvalue weighted by Crippen LogP contribution is -2.10. The van der Waals surface area contributed by atoms with Gasteiger partial charge >= 0.3 is 0 Å². The first-order valence-corrected chi connectivity index (χ1v) is 4.46. The van der Waals surface area contributed by atoms with Crippen molar-refractivity contribution in [1.29, 1.82) is 0 Å². The fraction of sp³-hybridized carbons (Fsp3) is 0.400. The van der Waals surface area contributed by atoms with Gasteiger partial charge in [0.05, 0.1) is 13.2 Å². The van der Waals surface area contributed by atoms with Gasteiger partial charge in [0, 0.05) is 6.54 Å². The maximum absolute atomic E-state index is 13.0. The Morgan fingerprint density at radius 1 is 1.21 bits per heavy atom. The average Bonchev–Trinajstić information content (AvgIpc) is 2.18. The van der Waals surface area contributed by atoms with Crippen LogP contribution in [-0.2, 0) is 11.2 Å². The first-order chi connectivity index (χ1) is 6.74. The van der Waals surface area contributed by atoms with Crippen LogP contribution in [0.4, 0.5) is 8.78 Å². The van der Waals surface area contributed by atoms with Gasteiger partial charge in [-0.25, -0.2) is 8.78 Å². The van der Waals surface area contributed by atoms with Crippen LogP contribution in [0.3, 0.4) is 0 Å². The molecule has 0 aromatic heterocycles. The summed E-state index contributed by atoms with van der Waals surface area (Å²) in [6.07, 6.45) is 0.365.